The number of nitrogens with zero attached hydrogens (tertiary/aromatic N) is 3. The van der Waals surface area contributed by atoms with Crippen LogP contribution < -0.4 is 4.90 Å². The maximum Gasteiger partial charge on any atom is 0.318 e. The average Bonchev–Trinajstić information content (AvgIpc) is 2.85. The molecule has 1 aromatic heterocycles. The summed E-state index contributed by atoms with van der Waals surface area (Å²) in [6.45, 7) is 2.31. The zero-order valence-corrected chi connectivity index (χ0v) is 17.3. The van der Waals surface area contributed by atoms with Gasteiger partial charge in [0.25, 0.3) is 5.91 Å². The summed E-state index contributed by atoms with van der Waals surface area (Å²) in [5, 5.41) is 0. The van der Waals surface area contributed by atoms with E-state index in [9.17, 15) is 9.59 Å². The van der Waals surface area contributed by atoms with Crippen molar-refractivity contribution in [2.24, 2.45) is 0 Å². The highest BCUT2D eigenvalue weighted by Gasteiger charge is 2.27. The van der Waals surface area contributed by atoms with Gasteiger partial charge in [0.1, 0.15) is 11.7 Å². The van der Waals surface area contributed by atoms with Crippen LogP contribution in [0.15, 0.2) is 85.1 Å². The topological polar surface area (TPSA) is 62.7 Å². The zero-order chi connectivity index (χ0) is 21.5. The second kappa shape index (κ2) is 9.89. The minimum atomic E-state index is -0.559. The fourth-order valence-corrected chi connectivity index (χ4v) is 3.79. The van der Waals surface area contributed by atoms with Crippen molar-refractivity contribution in [2.75, 3.05) is 37.7 Å². The predicted molar refractivity (Wildman–Crippen MR) is 119 cm³/mol. The van der Waals surface area contributed by atoms with Gasteiger partial charge in [-0.05, 0) is 23.3 Å². The number of carbonyl (C=O) groups excluding carboxylic acids is 2. The van der Waals surface area contributed by atoms with Crippen molar-refractivity contribution in [3.63, 3.8) is 0 Å². The molecule has 3 aromatic rings. The smallest absolute Gasteiger partial charge is 0.318 e. The monoisotopic (exact) mass is 415 g/mol. The lowest BCUT2D eigenvalue weighted by molar-refractivity contribution is -0.152. The molecule has 1 amide bonds. The van der Waals surface area contributed by atoms with E-state index in [2.05, 4.69) is 9.88 Å². The van der Waals surface area contributed by atoms with Crippen molar-refractivity contribution >= 4 is 17.7 Å². The molecule has 4 rings (SSSR count). The van der Waals surface area contributed by atoms with Crippen LogP contribution in [0.2, 0.25) is 0 Å². The van der Waals surface area contributed by atoms with Gasteiger partial charge in [0.2, 0.25) is 0 Å². The number of aromatic nitrogens is 1. The quantitative estimate of drug-likeness (QED) is 0.579. The van der Waals surface area contributed by atoms with Crippen LogP contribution in [0.1, 0.15) is 17.0 Å². The molecule has 6 heteroatoms. The highest BCUT2D eigenvalue weighted by Crippen LogP contribution is 2.26. The molecular formula is C25H25N3O3. The van der Waals surface area contributed by atoms with Crippen LogP contribution in [0.25, 0.3) is 0 Å². The normalized spacial score (nSPS) is 13.8. The van der Waals surface area contributed by atoms with Crippen LogP contribution >= 0.6 is 0 Å². The molecule has 1 saturated heterocycles. The number of amides is 1. The van der Waals surface area contributed by atoms with Gasteiger partial charge >= 0.3 is 5.97 Å². The second-order valence-corrected chi connectivity index (χ2v) is 7.42. The summed E-state index contributed by atoms with van der Waals surface area (Å²) in [4.78, 5) is 33.9. The summed E-state index contributed by atoms with van der Waals surface area (Å²) < 4.78 is 5.48. The molecule has 1 aliphatic rings. The van der Waals surface area contributed by atoms with Gasteiger partial charge in [0.05, 0.1) is 0 Å². The third-order valence-corrected chi connectivity index (χ3v) is 5.45. The van der Waals surface area contributed by atoms with Crippen LogP contribution in [-0.4, -0.2) is 54.5 Å². The number of ether oxygens (including phenoxy) is 1. The number of pyridine rings is 1. The van der Waals surface area contributed by atoms with E-state index in [4.69, 9.17) is 4.74 Å². The van der Waals surface area contributed by atoms with Gasteiger partial charge in [-0.1, -0.05) is 66.7 Å². The average molecular weight is 415 g/mol. The fourth-order valence-electron chi connectivity index (χ4n) is 3.79. The Hall–Kier alpha value is -3.67. The summed E-state index contributed by atoms with van der Waals surface area (Å²) in [5.41, 5.74) is 1.69. The van der Waals surface area contributed by atoms with Gasteiger partial charge < -0.3 is 14.5 Å². The van der Waals surface area contributed by atoms with Gasteiger partial charge in [-0.2, -0.15) is 0 Å². The number of benzene rings is 2. The summed E-state index contributed by atoms with van der Waals surface area (Å²) in [6, 6.07) is 24.8. The third kappa shape index (κ3) is 5.09. The molecule has 2 aromatic carbocycles. The molecule has 0 bridgehead atoms. The minimum absolute atomic E-state index is 0.172. The Morgan fingerprint density at radius 3 is 1.94 bits per heavy atom. The molecule has 2 heterocycles. The van der Waals surface area contributed by atoms with Crippen LogP contribution in [0.5, 0.6) is 0 Å². The molecule has 0 N–H and O–H groups in total. The lowest BCUT2D eigenvalue weighted by Gasteiger charge is -2.35. The Kier molecular flexibility index (Phi) is 6.57. The second-order valence-electron chi connectivity index (χ2n) is 7.42. The maximum absolute atomic E-state index is 13.0. The van der Waals surface area contributed by atoms with Gasteiger partial charge in [0.15, 0.2) is 6.61 Å². The lowest BCUT2D eigenvalue weighted by Crippen LogP contribution is -2.50. The molecule has 0 unspecified atom stereocenters. The fraction of sp³-hybridized carbons (Fsp3) is 0.240. The van der Waals surface area contributed by atoms with Gasteiger partial charge in [0, 0.05) is 32.4 Å². The highest BCUT2D eigenvalue weighted by atomic mass is 16.5. The molecule has 0 aliphatic carbocycles. The first kappa shape index (κ1) is 20.6. The number of carbonyl (C=O) groups is 2. The van der Waals surface area contributed by atoms with Gasteiger partial charge in [-0.15, -0.1) is 0 Å². The summed E-state index contributed by atoms with van der Waals surface area (Å²) in [6.07, 6.45) is 1.77. The molecule has 158 valence electrons. The molecule has 0 atom stereocenters. The van der Waals surface area contributed by atoms with E-state index in [1.54, 1.807) is 11.1 Å². The number of hydrogen-bond acceptors (Lipinski definition) is 5. The molecule has 1 fully saturated rings. The lowest BCUT2D eigenvalue weighted by atomic mass is 9.91. The Labute approximate surface area is 182 Å². The van der Waals surface area contributed by atoms with Crippen molar-refractivity contribution in [2.45, 2.75) is 5.92 Å². The summed E-state index contributed by atoms with van der Waals surface area (Å²) in [7, 11) is 0. The third-order valence-electron chi connectivity index (χ3n) is 5.45. The Balaban J connectivity index is 1.35. The van der Waals surface area contributed by atoms with E-state index in [-0.39, 0.29) is 12.5 Å². The number of rotatable bonds is 6. The molecule has 0 saturated carbocycles. The predicted octanol–water partition coefficient (Wildman–Crippen LogP) is 3.11. The number of piperazine rings is 1. The SMILES string of the molecule is O=C(OCC(=O)N1CCN(c2ccccn2)CC1)C(c1ccccc1)c1ccccc1. The minimum Gasteiger partial charge on any atom is -0.455 e. The number of esters is 1. The maximum atomic E-state index is 13.0. The standard InChI is InChI=1S/C25H25N3O3/c29-23(28-17-15-27(16-18-28)22-13-7-8-14-26-22)19-31-25(30)24(20-9-3-1-4-10-20)21-11-5-2-6-12-21/h1-14,24H,15-19H2. The van der Waals surface area contributed by atoms with Crippen LogP contribution in [0.3, 0.4) is 0 Å². The first-order valence-electron chi connectivity index (χ1n) is 10.4. The van der Waals surface area contributed by atoms with Crippen molar-refractivity contribution in [1.82, 2.24) is 9.88 Å². The largest absolute Gasteiger partial charge is 0.455 e. The molecule has 0 spiro atoms. The molecule has 1 aliphatic heterocycles. The van der Waals surface area contributed by atoms with Gasteiger partial charge in [-0.25, -0.2) is 4.98 Å². The van der Waals surface area contributed by atoms with Crippen molar-refractivity contribution in [3.05, 3.63) is 96.2 Å². The van der Waals surface area contributed by atoms with E-state index in [0.717, 1.165) is 16.9 Å². The molecule has 6 nitrogen and oxygen atoms in total. The number of hydrogen-bond donors (Lipinski definition) is 0. The Morgan fingerprint density at radius 1 is 0.806 bits per heavy atom. The zero-order valence-electron chi connectivity index (χ0n) is 17.3. The molecule has 0 radical (unpaired) electrons. The van der Waals surface area contributed by atoms with Crippen molar-refractivity contribution in [1.29, 1.82) is 0 Å². The van der Waals surface area contributed by atoms with Crippen molar-refractivity contribution in [3.8, 4) is 0 Å². The van der Waals surface area contributed by atoms with E-state index < -0.39 is 11.9 Å². The first-order chi connectivity index (χ1) is 15.2. The highest BCUT2D eigenvalue weighted by molar-refractivity contribution is 5.85. The van der Waals surface area contributed by atoms with Crippen molar-refractivity contribution < 1.29 is 14.3 Å². The Morgan fingerprint density at radius 2 is 1.39 bits per heavy atom. The van der Waals surface area contributed by atoms with E-state index in [0.29, 0.717) is 26.2 Å². The molecule has 31 heavy (non-hydrogen) atoms. The van der Waals surface area contributed by atoms with E-state index >= 15 is 0 Å². The van der Waals surface area contributed by atoms with Crippen LogP contribution in [0, 0.1) is 0 Å². The first-order valence-corrected chi connectivity index (χ1v) is 10.4. The summed E-state index contributed by atoms with van der Waals surface area (Å²) in [5.74, 6) is -0.238. The van der Waals surface area contributed by atoms with Crippen LogP contribution in [-0.2, 0) is 14.3 Å². The van der Waals surface area contributed by atoms with Crippen LogP contribution in [0.4, 0.5) is 5.82 Å². The number of anilines is 1. The Bertz CT molecular complexity index is 949. The van der Waals surface area contributed by atoms with E-state index in [1.165, 1.54) is 0 Å². The molecular weight excluding hydrogens is 390 g/mol. The van der Waals surface area contributed by atoms with E-state index in [1.807, 2.05) is 78.9 Å². The summed E-state index contributed by atoms with van der Waals surface area (Å²) >= 11 is 0. The van der Waals surface area contributed by atoms with Gasteiger partial charge in [-0.3, -0.25) is 9.59 Å².